The zero-order chi connectivity index (χ0) is 12.3. The number of anilines is 1. The van der Waals surface area contributed by atoms with Crippen molar-refractivity contribution in [3.05, 3.63) is 23.8 Å². The first-order chi connectivity index (χ1) is 8.24. The number of rotatable bonds is 2. The van der Waals surface area contributed by atoms with Gasteiger partial charge in [-0.2, -0.15) is 4.99 Å². The highest BCUT2D eigenvalue weighted by Crippen LogP contribution is 2.29. The zero-order valence-corrected chi connectivity index (χ0v) is 9.56. The molecule has 5 heteroatoms. The molecule has 0 atom stereocenters. The van der Waals surface area contributed by atoms with Crippen molar-refractivity contribution in [1.29, 1.82) is 0 Å². The van der Waals surface area contributed by atoms with Crippen LogP contribution in [-0.2, 0) is 4.79 Å². The number of aliphatic imine (C=N–C) groups is 1. The van der Waals surface area contributed by atoms with E-state index in [4.69, 9.17) is 0 Å². The van der Waals surface area contributed by atoms with Crippen molar-refractivity contribution in [2.45, 2.75) is 13.3 Å². The van der Waals surface area contributed by atoms with Crippen molar-refractivity contribution in [3.63, 3.8) is 0 Å². The van der Waals surface area contributed by atoms with Crippen LogP contribution in [0.1, 0.15) is 12.0 Å². The maximum Gasteiger partial charge on any atom is 0.321 e. The Morgan fingerprint density at radius 1 is 1.47 bits per heavy atom. The number of urea groups is 1. The number of isocyanates is 1. The fourth-order valence-corrected chi connectivity index (χ4v) is 1.93. The number of nitrogens with one attached hydrogen (secondary N) is 1. The first-order valence-corrected chi connectivity index (χ1v) is 5.47. The minimum atomic E-state index is -0.105. The summed E-state index contributed by atoms with van der Waals surface area (Å²) in [7, 11) is 0. The number of amides is 2. The molecule has 1 aliphatic rings. The summed E-state index contributed by atoms with van der Waals surface area (Å²) >= 11 is 0. The van der Waals surface area contributed by atoms with E-state index < -0.39 is 0 Å². The summed E-state index contributed by atoms with van der Waals surface area (Å²) < 4.78 is 0. The third kappa shape index (κ3) is 2.19. The summed E-state index contributed by atoms with van der Waals surface area (Å²) in [6.07, 6.45) is 2.43. The Morgan fingerprint density at radius 3 is 3.00 bits per heavy atom. The molecule has 0 unspecified atom stereocenters. The Labute approximate surface area is 99.1 Å². The number of carbonyl (C=O) groups is 1. The van der Waals surface area contributed by atoms with Crippen LogP contribution in [0.5, 0.6) is 0 Å². The first-order valence-electron chi connectivity index (χ1n) is 5.47. The average molecular weight is 231 g/mol. The lowest BCUT2D eigenvalue weighted by Crippen LogP contribution is -2.46. The molecule has 0 aromatic heterocycles. The van der Waals surface area contributed by atoms with Crippen LogP contribution in [0.25, 0.3) is 0 Å². The summed E-state index contributed by atoms with van der Waals surface area (Å²) in [6.45, 7) is 3.23. The lowest BCUT2D eigenvalue weighted by Gasteiger charge is -2.28. The average Bonchev–Trinajstić information content (AvgIpc) is 2.33. The van der Waals surface area contributed by atoms with Gasteiger partial charge in [0.25, 0.3) is 0 Å². The van der Waals surface area contributed by atoms with Crippen LogP contribution < -0.4 is 10.2 Å². The Morgan fingerprint density at radius 2 is 2.29 bits per heavy atom. The lowest BCUT2D eigenvalue weighted by atomic mass is 10.1. The molecule has 0 spiro atoms. The second-order valence-electron chi connectivity index (χ2n) is 3.86. The van der Waals surface area contributed by atoms with E-state index in [2.05, 4.69) is 10.3 Å². The van der Waals surface area contributed by atoms with Crippen LogP contribution in [0.15, 0.2) is 23.2 Å². The van der Waals surface area contributed by atoms with E-state index in [1.54, 1.807) is 17.0 Å². The molecule has 1 heterocycles. The highest BCUT2D eigenvalue weighted by Gasteiger charge is 2.21. The van der Waals surface area contributed by atoms with E-state index in [-0.39, 0.29) is 6.03 Å². The van der Waals surface area contributed by atoms with Crippen LogP contribution in [0.3, 0.4) is 0 Å². The molecule has 0 bridgehead atoms. The Bertz CT molecular complexity index is 493. The molecule has 1 aromatic carbocycles. The van der Waals surface area contributed by atoms with Crippen molar-refractivity contribution < 1.29 is 9.59 Å². The van der Waals surface area contributed by atoms with Crippen LogP contribution in [0, 0.1) is 6.92 Å². The normalized spacial score (nSPS) is 15.1. The SMILES string of the molecule is Cc1c(N=C=O)cccc1N1CCCNC1=O. The summed E-state index contributed by atoms with van der Waals surface area (Å²) in [6, 6.07) is 5.25. The van der Waals surface area contributed by atoms with Crippen molar-refractivity contribution in [2.24, 2.45) is 4.99 Å². The maximum absolute atomic E-state index is 11.7. The van der Waals surface area contributed by atoms with Gasteiger partial charge >= 0.3 is 6.03 Å². The van der Waals surface area contributed by atoms with Gasteiger partial charge in [-0.15, -0.1) is 0 Å². The quantitative estimate of drug-likeness (QED) is 0.624. The lowest BCUT2D eigenvalue weighted by molar-refractivity contribution is 0.243. The van der Waals surface area contributed by atoms with Gasteiger partial charge in [0, 0.05) is 13.1 Å². The van der Waals surface area contributed by atoms with Gasteiger partial charge in [-0.25, -0.2) is 9.59 Å². The molecule has 1 N–H and O–H groups in total. The monoisotopic (exact) mass is 231 g/mol. The van der Waals surface area contributed by atoms with Gasteiger partial charge in [0.1, 0.15) is 0 Å². The third-order valence-electron chi connectivity index (χ3n) is 2.81. The molecule has 1 saturated heterocycles. The predicted octanol–water partition coefficient (Wildman–Crippen LogP) is 1.88. The second-order valence-corrected chi connectivity index (χ2v) is 3.86. The van der Waals surface area contributed by atoms with Crippen molar-refractivity contribution in [3.8, 4) is 0 Å². The van der Waals surface area contributed by atoms with Crippen LogP contribution in [0.2, 0.25) is 0 Å². The Kier molecular flexibility index (Phi) is 3.21. The third-order valence-corrected chi connectivity index (χ3v) is 2.81. The largest absolute Gasteiger partial charge is 0.338 e. The van der Waals surface area contributed by atoms with Gasteiger partial charge < -0.3 is 5.32 Å². The summed E-state index contributed by atoms with van der Waals surface area (Å²) in [5.74, 6) is 0. The van der Waals surface area contributed by atoms with Gasteiger partial charge in [-0.05, 0) is 31.0 Å². The molecule has 5 nitrogen and oxygen atoms in total. The smallest absolute Gasteiger partial charge is 0.321 e. The number of benzene rings is 1. The van der Waals surface area contributed by atoms with E-state index >= 15 is 0 Å². The maximum atomic E-state index is 11.7. The molecule has 1 aromatic rings. The van der Waals surface area contributed by atoms with Crippen LogP contribution >= 0.6 is 0 Å². The highest BCUT2D eigenvalue weighted by molar-refractivity contribution is 5.94. The summed E-state index contributed by atoms with van der Waals surface area (Å²) in [5, 5.41) is 2.79. The van der Waals surface area contributed by atoms with Crippen LogP contribution in [0.4, 0.5) is 16.2 Å². The molecule has 1 fully saturated rings. The molecule has 17 heavy (non-hydrogen) atoms. The number of nitrogens with zero attached hydrogens (tertiary/aromatic N) is 2. The molecular formula is C12H13N3O2. The second kappa shape index (κ2) is 4.80. The highest BCUT2D eigenvalue weighted by atomic mass is 16.2. The summed E-state index contributed by atoms with van der Waals surface area (Å²) in [5.41, 5.74) is 2.16. The van der Waals surface area contributed by atoms with E-state index in [1.165, 1.54) is 6.08 Å². The van der Waals surface area contributed by atoms with E-state index in [9.17, 15) is 9.59 Å². The fourth-order valence-electron chi connectivity index (χ4n) is 1.93. The summed E-state index contributed by atoms with van der Waals surface area (Å²) in [4.78, 5) is 27.3. The van der Waals surface area contributed by atoms with Gasteiger partial charge in [0.05, 0.1) is 11.4 Å². The fraction of sp³-hybridized carbons (Fsp3) is 0.333. The Balaban J connectivity index is 2.41. The molecule has 1 aliphatic heterocycles. The standard InChI is InChI=1S/C12H13N3O2/c1-9-10(14-8-16)4-2-5-11(9)15-7-3-6-13-12(15)17/h2,4-5H,3,6-7H2,1H3,(H,13,17). The first kappa shape index (κ1) is 11.4. The minimum Gasteiger partial charge on any atom is -0.338 e. The van der Waals surface area contributed by atoms with E-state index in [1.807, 2.05) is 13.0 Å². The van der Waals surface area contributed by atoms with Crippen molar-refractivity contribution in [2.75, 3.05) is 18.0 Å². The van der Waals surface area contributed by atoms with Gasteiger partial charge in [0.15, 0.2) is 0 Å². The van der Waals surface area contributed by atoms with Gasteiger partial charge in [-0.1, -0.05) is 6.07 Å². The number of hydrogen-bond acceptors (Lipinski definition) is 3. The molecule has 0 saturated carbocycles. The number of carbonyl (C=O) groups excluding carboxylic acids is 2. The zero-order valence-electron chi connectivity index (χ0n) is 9.56. The molecule has 2 amide bonds. The van der Waals surface area contributed by atoms with Crippen molar-refractivity contribution in [1.82, 2.24) is 5.32 Å². The van der Waals surface area contributed by atoms with Crippen LogP contribution in [-0.4, -0.2) is 25.2 Å². The van der Waals surface area contributed by atoms with Crippen molar-refractivity contribution >= 4 is 23.5 Å². The molecular weight excluding hydrogens is 218 g/mol. The topological polar surface area (TPSA) is 61.8 Å². The van der Waals surface area contributed by atoms with E-state index in [0.717, 1.165) is 17.7 Å². The molecule has 88 valence electrons. The minimum absolute atomic E-state index is 0.105. The van der Waals surface area contributed by atoms with Gasteiger partial charge in [0.2, 0.25) is 6.08 Å². The molecule has 2 rings (SSSR count). The number of hydrogen-bond donors (Lipinski definition) is 1. The Hall–Kier alpha value is -2.13. The predicted molar refractivity (Wildman–Crippen MR) is 64.3 cm³/mol. The van der Waals surface area contributed by atoms with Gasteiger partial charge in [-0.3, -0.25) is 4.90 Å². The van der Waals surface area contributed by atoms with E-state index in [0.29, 0.717) is 18.8 Å². The molecule has 0 aliphatic carbocycles. The molecule has 0 radical (unpaired) electrons.